The summed E-state index contributed by atoms with van der Waals surface area (Å²) in [6.07, 6.45) is 3.49. The van der Waals surface area contributed by atoms with Gasteiger partial charge in [-0.2, -0.15) is 0 Å². The van der Waals surface area contributed by atoms with Crippen molar-refractivity contribution in [1.82, 2.24) is 20.5 Å². The number of pyridine rings is 1. The van der Waals surface area contributed by atoms with Crippen molar-refractivity contribution in [2.45, 2.75) is 58.4 Å². The van der Waals surface area contributed by atoms with E-state index in [0.717, 1.165) is 68.0 Å². The van der Waals surface area contributed by atoms with Gasteiger partial charge in [0.25, 0.3) is 0 Å². The summed E-state index contributed by atoms with van der Waals surface area (Å²) in [6, 6.07) is 13.8. The van der Waals surface area contributed by atoms with Crippen LogP contribution in [0.1, 0.15) is 56.0 Å². The number of rotatable bonds is 9. The van der Waals surface area contributed by atoms with Crippen molar-refractivity contribution in [3.63, 3.8) is 0 Å². The second-order valence-electron chi connectivity index (χ2n) is 8.72. The van der Waals surface area contributed by atoms with Crippen molar-refractivity contribution in [3.05, 3.63) is 59.4 Å². The lowest BCUT2D eigenvalue weighted by Gasteiger charge is -2.33. The van der Waals surface area contributed by atoms with E-state index in [1.54, 1.807) is 0 Å². The van der Waals surface area contributed by atoms with Crippen LogP contribution >= 0.6 is 0 Å². The number of piperidine rings is 1. The van der Waals surface area contributed by atoms with E-state index in [2.05, 4.69) is 32.8 Å². The van der Waals surface area contributed by atoms with Gasteiger partial charge >= 0.3 is 6.03 Å². The number of hydrogen-bond donors (Lipinski definition) is 3. The molecule has 178 valence electrons. The van der Waals surface area contributed by atoms with E-state index in [-0.39, 0.29) is 23.9 Å². The van der Waals surface area contributed by atoms with Gasteiger partial charge < -0.3 is 20.9 Å². The van der Waals surface area contributed by atoms with Crippen LogP contribution in [0.5, 0.6) is 0 Å². The van der Waals surface area contributed by atoms with Crippen LogP contribution in [-0.2, 0) is 11.2 Å². The van der Waals surface area contributed by atoms with Crippen LogP contribution < -0.4 is 16.0 Å². The second-order valence-corrected chi connectivity index (χ2v) is 8.72. The van der Waals surface area contributed by atoms with Crippen LogP contribution in [0.4, 0.5) is 10.5 Å². The van der Waals surface area contributed by atoms with Gasteiger partial charge in [-0.15, -0.1) is 0 Å². The molecule has 2 heterocycles. The first-order valence-corrected chi connectivity index (χ1v) is 12.1. The van der Waals surface area contributed by atoms with Crippen LogP contribution in [0.25, 0.3) is 0 Å². The third-order valence-corrected chi connectivity index (χ3v) is 6.20. The SMILES string of the molecule is CCc1cc(NC(=O)NCCN2CCC(NC(=O)C(CC)c3ccccc3)CC2)cc(C)n1. The molecule has 0 spiro atoms. The van der Waals surface area contributed by atoms with Gasteiger partial charge in [-0.1, -0.05) is 44.2 Å². The largest absolute Gasteiger partial charge is 0.353 e. The first-order chi connectivity index (χ1) is 16.0. The van der Waals surface area contributed by atoms with Gasteiger partial charge in [0.05, 0.1) is 5.92 Å². The number of nitrogens with one attached hydrogen (secondary N) is 3. The number of carbonyl (C=O) groups excluding carboxylic acids is 2. The Labute approximate surface area is 197 Å². The molecule has 1 aliphatic rings. The number of carbonyl (C=O) groups is 2. The summed E-state index contributed by atoms with van der Waals surface area (Å²) in [5.41, 5.74) is 3.71. The Kier molecular flexibility index (Phi) is 9.24. The number of amides is 3. The Morgan fingerprint density at radius 1 is 1.12 bits per heavy atom. The van der Waals surface area contributed by atoms with E-state index < -0.39 is 0 Å². The molecule has 1 aromatic heterocycles. The molecule has 1 unspecified atom stereocenters. The van der Waals surface area contributed by atoms with Gasteiger partial charge in [0.15, 0.2) is 0 Å². The Bertz CT molecular complexity index is 910. The molecule has 1 saturated heterocycles. The Morgan fingerprint density at radius 2 is 1.85 bits per heavy atom. The molecule has 7 nitrogen and oxygen atoms in total. The highest BCUT2D eigenvalue weighted by atomic mass is 16.2. The smallest absolute Gasteiger partial charge is 0.319 e. The highest BCUT2D eigenvalue weighted by Gasteiger charge is 2.24. The van der Waals surface area contributed by atoms with Crippen molar-refractivity contribution in [2.75, 3.05) is 31.5 Å². The molecule has 1 aliphatic heterocycles. The molecule has 0 saturated carbocycles. The third-order valence-electron chi connectivity index (χ3n) is 6.20. The summed E-state index contributed by atoms with van der Waals surface area (Å²) >= 11 is 0. The number of urea groups is 1. The van der Waals surface area contributed by atoms with E-state index in [1.165, 1.54) is 0 Å². The molecule has 0 radical (unpaired) electrons. The van der Waals surface area contributed by atoms with E-state index in [0.29, 0.717) is 6.54 Å². The molecule has 3 rings (SSSR count). The van der Waals surface area contributed by atoms with Crippen LogP contribution in [0.3, 0.4) is 0 Å². The second kappa shape index (κ2) is 12.3. The number of benzene rings is 1. The lowest BCUT2D eigenvalue weighted by molar-refractivity contribution is -0.123. The number of aryl methyl sites for hydroxylation is 2. The number of nitrogens with zero attached hydrogens (tertiary/aromatic N) is 2. The molecule has 1 aromatic carbocycles. The molecule has 0 bridgehead atoms. The van der Waals surface area contributed by atoms with Gasteiger partial charge in [-0.3, -0.25) is 9.78 Å². The topological polar surface area (TPSA) is 86.4 Å². The molecule has 1 atom stereocenters. The molecule has 33 heavy (non-hydrogen) atoms. The van der Waals surface area contributed by atoms with Crippen molar-refractivity contribution < 1.29 is 9.59 Å². The maximum atomic E-state index is 12.8. The van der Waals surface area contributed by atoms with Crippen LogP contribution in [0.2, 0.25) is 0 Å². The Hall–Kier alpha value is -2.93. The molecule has 7 heteroatoms. The summed E-state index contributed by atoms with van der Waals surface area (Å²) in [7, 11) is 0. The van der Waals surface area contributed by atoms with Gasteiger partial charge in [-0.25, -0.2) is 4.79 Å². The lowest BCUT2D eigenvalue weighted by atomic mass is 9.94. The molecular weight excluding hydrogens is 414 g/mol. The van der Waals surface area contributed by atoms with E-state index in [9.17, 15) is 9.59 Å². The summed E-state index contributed by atoms with van der Waals surface area (Å²) < 4.78 is 0. The van der Waals surface area contributed by atoms with Crippen molar-refractivity contribution in [1.29, 1.82) is 0 Å². The molecule has 1 fully saturated rings. The van der Waals surface area contributed by atoms with Crippen LogP contribution in [0, 0.1) is 6.92 Å². The van der Waals surface area contributed by atoms with Crippen LogP contribution in [0.15, 0.2) is 42.5 Å². The summed E-state index contributed by atoms with van der Waals surface area (Å²) in [5, 5.41) is 9.09. The van der Waals surface area contributed by atoms with Crippen molar-refractivity contribution in [3.8, 4) is 0 Å². The monoisotopic (exact) mass is 451 g/mol. The van der Waals surface area contributed by atoms with Crippen LogP contribution in [-0.4, -0.2) is 54.0 Å². The summed E-state index contributed by atoms with van der Waals surface area (Å²) in [5.74, 6) is 0.0302. The van der Waals surface area contributed by atoms with E-state index in [1.807, 2.05) is 56.3 Å². The maximum Gasteiger partial charge on any atom is 0.319 e. The molecule has 2 aromatic rings. The fraction of sp³-hybridized carbons (Fsp3) is 0.500. The van der Waals surface area contributed by atoms with Crippen molar-refractivity contribution >= 4 is 17.6 Å². The summed E-state index contributed by atoms with van der Waals surface area (Å²) in [4.78, 5) is 31.8. The average Bonchev–Trinajstić information content (AvgIpc) is 2.81. The highest BCUT2D eigenvalue weighted by Crippen LogP contribution is 2.20. The predicted molar refractivity (Wildman–Crippen MR) is 132 cm³/mol. The number of aromatic nitrogens is 1. The van der Waals surface area contributed by atoms with Gasteiger partial charge in [0.1, 0.15) is 0 Å². The number of hydrogen-bond acceptors (Lipinski definition) is 4. The first kappa shape index (κ1) is 24.7. The average molecular weight is 452 g/mol. The zero-order valence-electron chi connectivity index (χ0n) is 20.1. The minimum atomic E-state index is -0.198. The normalized spacial score (nSPS) is 15.6. The zero-order valence-corrected chi connectivity index (χ0v) is 20.1. The minimum absolute atomic E-state index is 0.0930. The van der Waals surface area contributed by atoms with Crippen molar-refractivity contribution in [2.24, 2.45) is 0 Å². The Balaban J connectivity index is 1.36. The standard InChI is InChI=1S/C26H37N5O2/c1-4-21-18-23(17-19(3)28-21)30-26(33)27-13-16-31-14-11-22(12-15-31)29-25(32)24(5-2)20-9-7-6-8-10-20/h6-10,17-18,22,24H,4-5,11-16H2,1-3H3,(H,29,32)(H2,27,28,30,33). The highest BCUT2D eigenvalue weighted by molar-refractivity contribution is 5.89. The fourth-order valence-electron chi connectivity index (χ4n) is 4.35. The molecule has 3 N–H and O–H groups in total. The van der Waals surface area contributed by atoms with E-state index in [4.69, 9.17) is 0 Å². The third kappa shape index (κ3) is 7.56. The van der Waals surface area contributed by atoms with E-state index >= 15 is 0 Å². The molecule has 0 aliphatic carbocycles. The molecule has 3 amide bonds. The van der Waals surface area contributed by atoms with Gasteiger partial charge in [0.2, 0.25) is 5.91 Å². The molecular formula is C26H37N5O2. The first-order valence-electron chi connectivity index (χ1n) is 12.1. The Morgan fingerprint density at radius 3 is 2.52 bits per heavy atom. The lowest BCUT2D eigenvalue weighted by Crippen LogP contribution is -2.47. The fourth-order valence-corrected chi connectivity index (χ4v) is 4.35. The summed E-state index contributed by atoms with van der Waals surface area (Å²) in [6.45, 7) is 9.25. The number of anilines is 1. The minimum Gasteiger partial charge on any atom is -0.353 e. The zero-order chi connectivity index (χ0) is 23.6. The quantitative estimate of drug-likeness (QED) is 0.541. The number of likely N-dealkylation sites (tertiary alicyclic amines) is 1. The predicted octanol–water partition coefficient (Wildman–Crippen LogP) is 3.85. The maximum absolute atomic E-state index is 12.8. The van der Waals surface area contributed by atoms with Gasteiger partial charge in [0, 0.05) is 49.3 Å². The van der Waals surface area contributed by atoms with Gasteiger partial charge in [-0.05, 0) is 50.3 Å².